The Labute approximate surface area is 132 Å². The quantitative estimate of drug-likeness (QED) is 0.559. The summed E-state index contributed by atoms with van der Waals surface area (Å²) in [6.07, 6.45) is 1.80. The van der Waals surface area contributed by atoms with Crippen LogP contribution >= 0.6 is 11.8 Å². The van der Waals surface area contributed by atoms with E-state index in [-0.39, 0.29) is 5.97 Å². The molecule has 1 aromatic rings. The lowest BCUT2D eigenvalue weighted by Crippen LogP contribution is -2.50. The van der Waals surface area contributed by atoms with Gasteiger partial charge in [-0.05, 0) is 44.6 Å². The SMILES string of the molecule is CCNC(C)(CCCSCc1cccc(C)c1)C(=O)OC. The summed E-state index contributed by atoms with van der Waals surface area (Å²) in [6, 6.07) is 8.61. The molecular formula is C17H27NO2S. The summed E-state index contributed by atoms with van der Waals surface area (Å²) in [5.41, 5.74) is 2.11. The molecule has 1 N–H and O–H groups in total. The van der Waals surface area contributed by atoms with E-state index in [1.54, 1.807) is 0 Å². The molecule has 3 nitrogen and oxygen atoms in total. The Balaban J connectivity index is 2.33. The first-order valence-corrected chi connectivity index (χ1v) is 8.64. The highest BCUT2D eigenvalue weighted by Gasteiger charge is 2.32. The van der Waals surface area contributed by atoms with Crippen LogP contribution in [0.15, 0.2) is 24.3 Å². The maximum Gasteiger partial charge on any atom is 0.325 e. The molecule has 0 aliphatic heterocycles. The third-order valence-electron chi connectivity index (χ3n) is 3.52. The number of carbonyl (C=O) groups excluding carboxylic acids is 1. The largest absolute Gasteiger partial charge is 0.468 e. The van der Waals surface area contributed by atoms with Gasteiger partial charge in [0.2, 0.25) is 0 Å². The van der Waals surface area contributed by atoms with Crippen molar-refractivity contribution in [1.82, 2.24) is 5.32 Å². The van der Waals surface area contributed by atoms with Crippen LogP contribution in [-0.2, 0) is 15.3 Å². The summed E-state index contributed by atoms with van der Waals surface area (Å²) >= 11 is 1.91. The van der Waals surface area contributed by atoms with Crippen LogP contribution < -0.4 is 5.32 Å². The predicted octanol–water partition coefficient (Wildman–Crippen LogP) is 3.55. The standard InChI is InChI=1S/C17H27NO2S/c1-5-18-17(3,16(19)20-4)10-7-11-21-13-15-9-6-8-14(2)12-15/h6,8-9,12,18H,5,7,10-11,13H2,1-4H3. The number of nitrogens with one attached hydrogen (secondary N) is 1. The van der Waals surface area contributed by atoms with Crippen LogP contribution in [0.4, 0.5) is 0 Å². The summed E-state index contributed by atoms with van der Waals surface area (Å²) in [5, 5.41) is 3.24. The molecule has 118 valence electrons. The van der Waals surface area contributed by atoms with E-state index in [0.29, 0.717) is 0 Å². The molecule has 0 radical (unpaired) electrons. The first-order valence-electron chi connectivity index (χ1n) is 7.48. The van der Waals surface area contributed by atoms with Crippen LogP contribution in [0.2, 0.25) is 0 Å². The maximum absolute atomic E-state index is 11.9. The van der Waals surface area contributed by atoms with Crippen LogP contribution in [0.1, 0.15) is 37.8 Å². The van der Waals surface area contributed by atoms with E-state index in [9.17, 15) is 4.79 Å². The van der Waals surface area contributed by atoms with E-state index < -0.39 is 5.54 Å². The zero-order chi connectivity index (χ0) is 15.7. The lowest BCUT2D eigenvalue weighted by atomic mass is 9.96. The third-order valence-corrected chi connectivity index (χ3v) is 4.63. The lowest BCUT2D eigenvalue weighted by Gasteiger charge is -2.27. The fourth-order valence-electron chi connectivity index (χ4n) is 2.40. The molecule has 0 fully saturated rings. The number of carbonyl (C=O) groups is 1. The topological polar surface area (TPSA) is 38.3 Å². The minimum atomic E-state index is -0.562. The van der Waals surface area contributed by atoms with Gasteiger partial charge in [-0.3, -0.25) is 4.79 Å². The van der Waals surface area contributed by atoms with E-state index in [4.69, 9.17) is 4.74 Å². The molecule has 0 amide bonds. The summed E-state index contributed by atoms with van der Waals surface area (Å²) in [6.45, 7) is 6.82. The number of methoxy groups -OCH3 is 1. The lowest BCUT2D eigenvalue weighted by molar-refractivity contribution is -0.148. The second-order valence-corrected chi connectivity index (χ2v) is 6.60. The first-order chi connectivity index (χ1) is 10.0. The predicted molar refractivity (Wildman–Crippen MR) is 90.7 cm³/mol. The zero-order valence-corrected chi connectivity index (χ0v) is 14.4. The van der Waals surface area contributed by atoms with Crippen molar-refractivity contribution < 1.29 is 9.53 Å². The minimum absolute atomic E-state index is 0.173. The monoisotopic (exact) mass is 309 g/mol. The number of thioether (sulfide) groups is 1. The second-order valence-electron chi connectivity index (χ2n) is 5.50. The van der Waals surface area contributed by atoms with Gasteiger partial charge in [0.15, 0.2) is 0 Å². The molecule has 1 rings (SSSR count). The van der Waals surface area contributed by atoms with Crippen molar-refractivity contribution in [3.8, 4) is 0 Å². The Morgan fingerprint density at radius 2 is 2.19 bits per heavy atom. The number of likely N-dealkylation sites (N-methyl/N-ethyl adjacent to an activating group) is 1. The molecule has 0 aromatic heterocycles. The number of ether oxygens (including phenoxy) is 1. The Morgan fingerprint density at radius 3 is 2.81 bits per heavy atom. The van der Waals surface area contributed by atoms with Gasteiger partial charge in [0.25, 0.3) is 0 Å². The van der Waals surface area contributed by atoms with Gasteiger partial charge < -0.3 is 10.1 Å². The molecule has 0 aliphatic rings. The van der Waals surface area contributed by atoms with Crippen LogP contribution in [-0.4, -0.2) is 30.9 Å². The number of hydrogen-bond acceptors (Lipinski definition) is 4. The smallest absolute Gasteiger partial charge is 0.325 e. The normalized spacial score (nSPS) is 13.7. The van der Waals surface area contributed by atoms with E-state index >= 15 is 0 Å². The number of esters is 1. The van der Waals surface area contributed by atoms with Crippen molar-refractivity contribution in [2.45, 2.75) is 44.9 Å². The van der Waals surface area contributed by atoms with Crippen molar-refractivity contribution in [1.29, 1.82) is 0 Å². The first kappa shape index (κ1) is 18.1. The average molecular weight is 309 g/mol. The van der Waals surface area contributed by atoms with Gasteiger partial charge >= 0.3 is 5.97 Å². The van der Waals surface area contributed by atoms with Crippen molar-refractivity contribution >= 4 is 17.7 Å². The van der Waals surface area contributed by atoms with Crippen LogP contribution in [0.3, 0.4) is 0 Å². The summed E-state index contributed by atoms with van der Waals surface area (Å²) in [4.78, 5) is 11.9. The summed E-state index contributed by atoms with van der Waals surface area (Å²) in [5.74, 6) is 1.90. The minimum Gasteiger partial charge on any atom is -0.468 e. The Bertz CT molecular complexity index is 450. The van der Waals surface area contributed by atoms with Crippen LogP contribution in [0.5, 0.6) is 0 Å². The number of hydrogen-bond donors (Lipinski definition) is 1. The van der Waals surface area contributed by atoms with E-state index in [1.807, 2.05) is 25.6 Å². The molecule has 0 spiro atoms. The van der Waals surface area contributed by atoms with Gasteiger partial charge in [-0.1, -0.05) is 36.8 Å². The van der Waals surface area contributed by atoms with Gasteiger partial charge in [0.05, 0.1) is 7.11 Å². The fourth-order valence-corrected chi connectivity index (χ4v) is 3.31. The zero-order valence-electron chi connectivity index (χ0n) is 13.6. The number of rotatable bonds is 9. The van der Waals surface area contributed by atoms with Gasteiger partial charge in [-0.15, -0.1) is 0 Å². The van der Waals surface area contributed by atoms with E-state index in [2.05, 4.69) is 36.5 Å². The Kier molecular flexibility index (Phi) is 7.83. The van der Waals surface area contributed by atoms with E-state index in [0.717, 1.165) is 30.9 Å². The highest BCUT2D eigenvalue weighted by Crippen LogP contribution is 2.19. The molecule has 0 saturated heterocycles. The van der Waals surface area contributed by atoms with Gasteiger partial charge in [-0.25, -0.2) is 0 Å². The molecule has 0 bridgehead atoms. The molecule has 0 heterocycles. The molecule has 4 heteroatoms. The number of aryl methyl sites for hydroxylation is 1. The van der Waals surface area contributed by atoms with Crippen molar-refractivity contribution in [3.05, 3.63) is 35.4 Å². The summed E-state index contributed by atoms with van der Waals surface area (Å²) in [7, 11) is 1.45. The van der Waals surface area contributed by atoms with Crippen LogP contribution in [0.25, 0.3) is 0 Å². The van der Waals surface area contributed by atoms with Gasteiger partial charge in [-0.2, -0.15) is 11.8 Å². The van der Waals surface area contributed by atoms with E-state index in [1.165, 1.54) is 18.2 Å². The molecular weight excluding hydrogens is 282 g/mol. The van der Waals surface area contributed by atoms with Crippen molar-refractivity contribution in [3.63, 3.8) is 0 Å². The summed E-state index contributed by atoms with van der Waals surface area (Å²) < 4.78 is 4.90. The number of benzene rings is 1. The molecule has 1 aromatic carbocycles. The molecule has 1 unspecified atom stereocenters. The van der Waals surface area contributed by atoms with Crippen molar-refractivity contribution in [2.24, 2.45) is 0 Å². The highest BCUT2D eigenvalue weighted by atomic mass is 32.2. The fraction of sp³-hybridized carbons (Fsp3) is 0.588. The Hall–Kier alpha value is -1.00. The van der Waals surface area contributed by atoms with Crippen molar-refractivity contribution in [2.75, 3.05) is 19.4 Å². The van der Waals surface area contributed by atoms with Gasteiger partial charge in [0, 0.05) is 5.75 Å². The highest BCUT2D eigenvalue weighted by molar-refractivity contribution is 7.98. The second kappa shape index (κ2) is 9.11. The molecule has 21 heavy (non-hydrogen) atoms. The third kappa shape index (κ3) is 6.10. The average Bonchev–Trinajstić information content (AvgIpc) is 2.46. The Morgan fingerprint density at radius 1 is 1.43 bits per heavy atom. The maximum atomic E-state index is 11.9. The van der Waals surface area contributed by atoms with Crippen LogP contribution in [0, 0.1) is 6.92 Å². The molecule has 0 saturated carbocycles. The molecule has 1 atom stereocenters. The molecule has 0 aliphatic carbocycles. The van der Waals surface area contributed by atoms with Gasteiger partial charge in [0.1, 0.15) is 5.54 Å².